The Kier molecular flexibility index (Phi) is 4.75. The van der Waals surface area contributed by atoms with Gasteiger partial charge in [-0.25, -0.2) is 0 Å². The van der Waals surface area contributed by atoms with Crippen LogP contribution in [0.2, 0.25) is 0 Å². The van der Waals surface area contributed by atoms with E-state index in [1.807, 2.05) is 0 Å². The van der Waals surface area contributed by atoms with Gasteiger partial charge >= 0.3 is 0 Å². The largest absolute Gasteiger partial charge is 0.382 e. The van der Waals surface area contributed by atoms with Crippen LogP contribution in [-0.2, 0) is 15.9 Å². The monoisotopic (exact) mass is 249 g/mol. The predicted molar refractivity (Wildman–Crippen MR) is 72.9 cm³/mol. The van der Waals surface area contributed by atoms with Crippen molar-refractivity contribution in [3.63, 3.8) is 0 Å². The fourth-order valence-electron chi connectivity index (χ4n) is 2.60. The number of fused-ring (bicyclic) bond motifs is 1. The maximum absolute atomic E-state index is 5.37. The molecule has 0 bridgehead atoms. The molecule has 0 heterocycles. The number of methoxy groups -OCH3 is 2. The van der Waals surface area contributed by atoms with Crippen LogP contribution in [0.25, 0.3) is 0 Å². The minimum atomic E-state index is 0.129. The normalized spacial score (nSPS) is 19.8. The summed E-state index contributed by atoms with van der Waals surface area (Å²) >= 11 is 0. The van der Waals surface area contributed by atoms with Crippen LogP contribution in [-0.4, -0.2) is 33.5 Å². The van der Waals surface area contributed by atoms with Crippen LogP contribution in [0.5, 0.6) is 0 Å². The Bertz CT molecular complexity index is 392. The van der Waals surface area contributed by atoms with E-state index in [-0.39, 0.29) is 6.10 Å². The molecule has 0 spiro atoms. The zero-order chi connectivity index (χ0) is 13.0. The van der Waals surface area contributed by atoms with Crippen molar-refractivity contribution in [3.8, 4) is 0 Å². The van der Waals surface area contributed by atoms with Gasteiger partial charge in [0, 0.05) is 26.8 Å². The highest BCUT2D eigenvalue weighted by molar-refractivity contribution is 5.37. The van der Waals surface area contributed by atoms with Crippen LogP contribution in [0.4, 0.5) is 0 Å². The van der Waals surface area contributed by atoms with E-state index in [9.17, 15) is 0 Å². The third-order valence-electron chi connectivity index (χ3n) is 3.66. The van der Waals surface area contributed by atoms with Crippen LogP contribution in [0, 0.1) is 6.92 Å². The fraction of sp³-hybridized carbons (Fsp3) is 0.600. The molecule has 0 saturated carbocycles. The minimum absolute atomic E-state index is 0.129. The zero-order valence-electron chi connectivity index (χ0n) is 11.5. The number of rotatable bonds is 6. The lowest BCUT2D eigenvalue weighted by Crippen LogP contribution is -2.33. The molecule has 2 atom stereocenters. The van der Waals surface area contributed by atoms with Crippen LogP contribution in [0.1, 0.15) is 29.2 Å². The number of benzene rings is 1. The van der Waals surface area contributed by atoms with Crippen molar-refractivity contribution in [2.75, 3.05) is 27.4 Å². The van der Waals surface area contributed by atoms with Crippen LogP contribution >= 0.6 is 0 Å². The highest BCUT2D eigenvalue weighted by Crippen LogP contribution is 2.31. The van der Waals surface area contributed by atoms with Gasteiger partial charge in [-0.1, -0.05) is 23.8 Å². The van der Waals surface area contributed by atoms with Crippen molar-refractivity contribution in [2.24, 2.45) is 0 Å². The zero-order valence-corrected chi connectivity index (χ0v) is 11.5. The molecule has 0 aliphatic heterocycles. The van der Waals surface area contributed by atoms with Crippen molar-refractivity contribution in [1.29, 1.82) is 0 Å². The number of aryl methyl sites for hydroxylation is 2. The van der Waals surface area contributed by atoms with Crippen molar-refractivity contribution in [2.45, 2.75) is 31.9 Å². The summed E-state index contributed by atoms with van der Waals surface area (Å²) in [5.41, 5.74) is 4.28. The summed E-state index contributed by atoms with van der Waals surface area (Å²) in [5, 5.41) is 3.60. The smallest absolute Gasteiger partial charge is 0.0928 e. The Labute approximate surface area is 109 Å². The highest BCUT2D eigenvalue weighted by Gasteiger charge is 2.22. The molecule has 0 aromatic heterocycles. The lowest BCUT2D eigenvalue weighted by Gasteiger charge is -2.19. The van der Waals surface area contributed by atoms with E-state index in [1.165, 1.54) is 29.5 Å². The summed E-state index contributed by atoms with van der Waals surface area (Å²) in [5.74, 6) is 0. The first kappa shape index (κ1) is 13.5. The molecular formula is C15H23NO2. The van der Waals surface area contributed by atoms with Crippen molar-refractivity contribution >= 4 is 0 Å². The Hall–Kier alpha value is -0.900. The second-order valence-electron chi connectivity index (χ2n) is 5.01. The second-order valence-corrected chi connectivity index (χ2v) is 5.01. The molecule has 0 fully saturated rings. The summed E-state index contributed by atoms with van der Waals surface area (Å²) in [6.07, 6.45) is 2.49. The lowest BCUT2D eigenvalue weighted by atomic mass is 10.0. The molecule has 0 radical (unpaired) electrons. The highest BCUT2D eigenvalue weighted by atomic mass is 16.5. The summed E-state index contributed by atoms with van der Waals surface area (Å²) < 4.78 is 10.5. The summed E-state index contributed by atoms with van der Waals surface area (Å²) in [6.45, 7) is 3.62. The molecule has 0 saturated heterocycles. The van der Waals surface area contributed by atoms with Gasteiger partial charge < -0.3 is 14.8 Å². The summed E-state index contributed by atoms with van der Waals surface area (Å²) in [7, 11) is 3.44. The molecule has 1 aromatic rings. The second kappa shape index (κ2) is 6.32. The molecule has 2 unspecified atom stereocenters. The molecule has 0 amide bonds. The van der Waals surface area contributed by atoms with Gasteiger partial charge in [-0.15, -0.1) is 0 Å². The Balaban J connectivity index is 1.95. The van der Waals surface area contributed by atoms with Gasteiger partial charge in [0.2, 0.25) is 0 Å². The molecule has 1 N–H and O–H groups in total. The van der Waals surface area contributed by atoms with E-state index in [4.69, 9.17) is 9.47 Å². The summed E-state index contributed by atoms with van der Waals surface area (Å²) in [6, 6.07) is 7.23. The first-order valence-electron chi connectivity index (χ1n) is 6.59. The first-order valence-corrected chi connectivity index (χ1v) is 6.59. The minimum Gasteiger partial charge on any atom is -0.382 e. The van der Waals surface area contributed by atoms with Crippen molar-refractivity contribution < 1.29 is 9.47 Å². The first-order chi connectivity index (χ1) is 8.74. The van der Waals surface area contributed by atoms with E-state index >= 15 is 0 Å². The molecule has 1 aliphatic carbocycles. The van der Waals surface area contributed by atoms with E-state index in [2.05, 4.69) is 30.4 Å². The van der Waals surface area contributed by atoms with Crippen molar-refractivity contribution in [3.05, 3.63) is 34.9 Å². The van der Waals surface area contributed by atoms with E-state index in [0.29, 0.717) is 12.6 Å². The van der Waals surface area contributed by atoms with Gasteiger partial charge in [0.1, 0.15) is 0 Å². The fourth-order valence-corrected chi connectivity index (χ4v) is 2.60. The number of hydrogen-bond donors (Lipinski definition) is 1. The number of hydrogen-bond acceptors (Lipinski definition) is 3. The van der Waals surface area contributed by atoms with E-state index in [1.54, 1.807) is 14.2 Å². The van der Waals surface area contributed by atoms with Gasteiger partial charge in [-0.3, -0.25) is 0 Å². The quantitative estimate of drug-likeness (QED) is 0.838. The van der Waals surface area contributed by atoms with Crippen LogP contribution in [0.15, 0.2) is 18.2 Å². The van der Waals surface area contributed by atoms with Gasteiger partial charge in [0.25, 0.3) is 0 Å². The van der Waals surface area contributed by atoms with Gasteiger partial charge in [0.05, 0.1) is 12.7 Å². The number of nitrogens with one attached hydrogen (secondary N) is 1. The lowest BCUT2D eigenvalue weighted by molar-refractivity contribution is 0.0273. The third kappa shape index (κ3) is 3.10. The summed E-state index contributed by atoms with van der Waals surface area (Å²) in [4.78, 5) is 0. The Morgan fingerprint density at radius 2 is 2.22 bits per heavy atom. The van der Waals surface area contributed by atoms with Crippen LogP contribution in [0.3, 0.4) is 0 Å². The topological polar surface area (TPSA) is 30.5 Å². The molecule has 100 valence electrons. The molecule has 3 heteroatoms. The SMILES string of the molecule is COCC(CNC1CCc2ccc(C)cc21)OC. The molecule has 3 nitrogen and oxygen atoms in total. The van der Waals surface area contributed by atoms with Gasteiger partial charge in [0.15, 0.2) is 0 Å². The maximum Gasteiger partial charge on any atom is 0.0928 e. The Morgan fingerprint density at radius 3 is 2.94 bits per heavy atom. The Morgan fingerprint density at radius 1 is 1.39 bits per heavy atom. The van der Waals surface area contributed by atoms with Gasteiger partial charge in [-0.05, 0) is 30.9 Å². The van der Waals surface area contributed by atoms with Crippen molar-refractivity contribution in [1.82, 2.24) is 5.32 Å². The third-order valence-corrected chi connectivity index (χ3v) is 3.66. The maximum atomic E-state index is 5.37. The van der Waals surface area contributed by atoms with E-state index < -0.39 is 0 Å². The predicted octanol–water partition coefficient (Wildman–Crippen LogP) is 2.23. The van der Waals surface area contributed by atoms with Crippen LogP contribution < -0.4 is 5.32 Å². The van der Waals surface area contributed by atoms with E-state index in [0.717, 1.165) is 6.54 Å². The van der Waals surface area contributed by atoms with Gasteiger partial charge in [-0.2, -0.15) is 0 Å². The standard InChI is InChI=1S/C15H23NO2/c1-11-4-5-12-6-7-15(14(12)8-11)16-9-13(18-3)10-17-2/h4-5,8,13,15-16H,6-7,9-10H2,1-3H3. The molecule has 18 heavy (non-hydrogen) atoms. The molecule has 2 rings (SSSR count). The average molecular weight is 249 g/mol. The molecular weight excluding hydrogens is 226 g/mol. The molecule has 1 aliphatic rings. The number of ether oxygens (including phenoxy) is 2. The molecule has 1 aromatic carbocycles. The average Bonchev–Trinajstić information content (AvgIpc) is 2.77.